The SMILES string of the molecule is CC(=O)c1cccnc1Oc1ccc(Cl)cc1Cl.CCCCS(=O)(=O)N1CCCC(C(=O)CCCc2ccccc2)C1.CCOc1ccc2oc(C(=O)OCC(=O)NC(=O)NC)c(C)c2c1.CN(C)S(=O)(=O)c1ccc(C(=O)NC2=Nc3ccccc3C2)cc1.Cc1ccc(NC(=O)C2CCCCC2C(=O)O)cc1C.Cc1ccc([N+](=O)[O-])c(N/N=C/c2ccncc2)c1. The Morgan fingerprint density at radius 3 is 2.13 bits per heavy atom. The fourth-order valence-electron chi connectivity index (χ4n) is 13.4. The molecule has 2 aliphatic heterocycles. The van der Waals surface area contributed by atoms with Gasteiger partial charge in [-0.2, -0.15) is 5.10 Å². The first-order chi connectivity index (χ1) is 61.6. The van der Waals surface area contributed by atoms with Gasteiger partial charge in [-0.05, 0) is 229 Å². The van der Waals surface area contributed by atoms with Crippen LogP contribution in [0.1, 0.15) is 155 Å². The normalized spacial score (nSPS) is 14.5. The molecule has 5 amide bonds. The Morgan fingerprint density at radius 2 is 1.47 bits per heavy atom. The van der Waals surface area contributed by atoms with E-state index in [0.29, 0.717) is 107 Å². The summed E-state index contributed by atoms with van der Waals surface area (Å²) >= 11 is 11.8. The number of nitro groups is 1. The second kappa shape index (κ2) is 50.0. The third-order valence-corrected chi connectivity index (χ3v) is 24.9. The van der Waals surface area contributed by atoms with Crippen LogP contribution in [0.3, 0.4) is 0 Å². The zero-order valence-electron chi connectivity index (χ0n) is 73.3. The number of benzene rings is 7. The Balaban J connectivity index is 0.000000192. The average Bonchev–Trinajstić information content (AvgIpc) is 1.68. The Hall–Kier alpha value is -12.9. The molecule has 3 aliphatic rings. The van der Waals surface area contributed by atoms with E-state index in [4.69, 9.17) is 41.8 Å². The highest BCUT2D eigenvalue weighted by molar-refractivity contribution is 7.89. The molecule has 0 radical (unpaired) electrons. The van der Waals surface area contributed by atoms with Crippen LogP contribution < -0.4 is 36.2 Å². The second-order valence-corrected chi connectivity index (χ2v) is 35.4. The molecule has 5 heterocycles. The number of aryl methyl sites for hydroxylation is 5. The topological polar surface area (TPSA) is 426 Å². The van der Waals surface area contributed by atoms with Gasteiger partial charge in [-0.3, -0.25) is 54.6 Å². The van der Waals surface area contributed by atoms with Crippen molar-refractivity contribution < 1.29 is 83.8 Å². The van der Waals surface area contributed by atoms with Crippen LogP contribution in [0.15, 0.2) is 214 Å². The number of Topliss-reactive ketones (excluding diaryl/α,β-unsaturated/α-hetero) is 2. The molecule has 129 heavy (non-hydrogen) atoms. The number of rotatable bonds is 27. The number of aliphatic imine (C=N–C) groups is 1. The molecule has 0 spiro atoms. The minimum atomic E-state index is -3.50. The number of carboxylic acids is 1. The lowest BCUT2D eigenvalue weighted by atomic mass is 9.78. The van der Waals surface area contributed by atoms with Crippen LogP contribution in [0.5, 0.6) is 17.4 Å². The smallest absolute Gasteiger partial charge is 0.375 e. The lowest BCUT2D eigenvalue weighted by molar-refractivity contribution is -0.384. The number of halogens is 2. The number of aromatic nitrogens is 2. The molecule has 3 atom stereocenters. The highest BCUT2D eigenvalue weighted by Crippen LogP contribution is 2.36. The van der Waals surface area contributed by atoms with Crippen molar-refractivity contribution in [2.24, 2.45) is 27.8 Å². The monoisotopic (exact) mass is 1840 g/mol. The molecule has 31 nitrogen and oxygen atoms in total. The average molecular weight is 1840 g/mol. The molecule has 1 aliphatic carbocycles. The van der Waals surface area contributed by atoms with Crippen molar-refractivity contribution >= 4 is 136 Å². The van der Waals surface area contributed by atoms with Crippen LogP contribution in [-0.2, 0) is 56.8 Å². The number of carbonyl (C=O) groups excluding carboxylic acids is 7. The number of esters is 1. The number of nitrogens with zero attached hydrogens (tertiary/aromatic N) is 7. The van der Waals surface area contributed by atoms with Crippen molar-refractivity contribution in [3.8, 4) is 17.4 Å². The molecule has 2 fully saturated rings. The number of carboxylic acid groups (broad SMARTS) is 1. The molecule has 0 bridgehead atoms. The number of para-hydroxylation sites is 1. The van der Waals surface area contributed by atoms with E-state index in [-0.39, 0.29) is 57.3 Å². The van der Waals surface area contributed by atoms with E-state index in [0.717, 1.165) is 88.3 Å². The number of amides is 5. The number of hydrogen-bond acceptors (Lipinski definition) is 23. The quantitative estimate of drug-likeness (QED) is 0.00915. The summed E-state index contributed by atoms with van der Waals surface area (Å²) in [5, 5.41) is 35.5. The van der Waals surface area contributed by atoms with Gasteiger partial charge in [-0.15, -0.1) is 0 Å². The van der Waals surface area contributed by atoms with Crippen LogP contribution in [0, 0.1) is 55.6 Å². The molecular formula is C94H106Cl2N12O19S2. The number of pyridine rings is 2. The van der Waals surface area contributed by atoms with E-state index in [1.165, 1.54) is 69.5 Å². The lowest BCUT2D eigenvalue weighted by Gasteiger charge is -2.31. The highest BCUT2D eigenvalue weighted by Gasteiger charge is 2.36. The van der Waals surface area contributed by atoms with Crippen molar-refractivity contribution in [1.29, 1.82) is 0 Å². The number of hydrazone groups is 1. The number of unbranched alkanes of at least 4 members (excludes halogenated alkanes) is 1. The number of ketones is 2. The van der Waals surface area contributed by atoms with Crippen LogP contribution >= 0.6 is 23.2 Å². The Labute approximate surface area is 760 Å². The molecule has 7 aromatic carbocycles. The van der Waals surface area contributed by atoms with Crippen molar-refractivity contribution in [3.05, 3.63) is 271 Å². The Kier molecular flexibility index (Phi) is 39.3. The van der Waals surface area contributed by atoms with Gasteiger partial charge in [0.15, 0.2) is 12.4 Å². The molecule has 6 N–H and O–H groups in total. The van der Waals surface area contributed by atoms with E-state index in [1.54, 1.807) is 109 Å². The summed E-state index contributed by atoms with van der Waals surface area (Å²) in [4.78, 5) is 117. The summed E-state index contributed by atoms with van der Waals surface area (Å²) in [6, 6.07) is 50.5. The van der Waals surface area contributed by atoms with E-state index < -0.39 is 67.3 Å². The molecule has 1 saturated carbocycles. The molecule has 10 aromatic rings. The maximum atomic E-state index is 12.5. The standard InChI is InChI=1S/C19H29NO3S.C17H17N3O3S.C16H18N2O6.C16H21NO3.C13H9Cl2NO2.C13H12N4O2/c1-2-3-15-24(22,23)20-14-8-12-18(16-20)19(21)13-7-11-17-9-5-4-6-10-17;1-20(2)24(22,23)14-9-7-12(8-10-14)17(21)19-16-11-13-5-3-4-6-15(13)18-16;1-4-22-10-5-6-12-11(7-10)9(2)14(24-12)15(20)23-8-13(19)18-16(21)17-3;1-10-7-8-12(9-11(10)2)17-15(18)13-5-3-4-6-14(13)16(19)20;1-8(17)10-3-2-6-16-13(10)18-12-5-4-9(14)7-11(12)15;1-10-2-3-13(17(18)19)12(8-10)16-15-9-11-4-6-14-7-5-11/h4-6,9-10,18H,2-3,7-8,11-16H2,1H3;3-10H,11H2,1-2H3,(H,18,19,21);5-7H,4,8H2,1-3H3,(H2,17,18,19,21);7-9,13-14H,3-6H2,1-2H3,(H,17,18)(H,19,20);2-7H,1H3;2-9,16H,1H3/b;;;;;15-9+. The van der Waals surface area contributed by atoms with E-state index >= 15 is 0 Å². The summed E-state index contributed by atoms with van der Waals surface area (Å²) in [7, 11) is -2.40. The third kappa shape index (κ3) is 31.2. The fourth-order valence-corrected chi connectivity index (χ4v) is 16.5. The van der Waals surface area contributed by atoms with Crippen molar-refractivity contribution in [3.63, 3.8) is 0 Å². The van der Waals surface area contributed by atoms with Crippen LogP contribution in [-0.4, -0.2) is 158 Å². The van der Waals surface area contributed by atoms with Gasteiger partial charge in [0.2, 0.25) is 37.6 Å². The molecule has 13 rings (SSSR count). The van der Waals surface area contributed by atoms with Gasteiger partial charge < -0.3 is 39.7 Å². The van der Waals surface area contributed by atoms with Crippen LogP contribution in [0.2, 0.25) is 10.0 Å². The van der Waals surface area contributed by atoms with Gasteiger partial charge >= 0.3 is 18.0 Å². The number of nitro benzene ring substituents is 1. The number of amidine groups is 1. The Morgan fingerprint density at radius 1 is 0.760 bits per heavy atom. The fraction of sp³-hybridized carbons (Fsp3) is 0.319. The van der Waals surface area contributed by atoms with Crippen molar-refractivity contribution in [1.82, 2.24) is 34.5 Å². The maximum Gasteiger partial charge on any atom is 0.375 e. The maximum absolute atomic E-state index is 12.5. The minimum absolute atomic E-state index is 0.00233. The minimum Gasteiger partial charge on any atom is -0.494 e. The summed E-state index contributed by atoms with van der Waals surface area (Å²) in [5.74, 6) is -1.73. The molecule has 35 heteroatoms. The number of fused-ring (bicyclic) bond motifs is 2. The van der Waals surface area contributed by atoms with Crippen molar-refractivity contribution in [2.45, 2.75) is 130 Å². The molecular weight excluding hydrogens is 1740 g/mol. The molecule has 3 aromatic heterocycles. The first kappa shape index (κ1) is 101. The van der Waals surface area contributed by atoms with E-state index in [2.05, 4.69) is 53.6 Å². The van der Waals surface area contributed by atoms with Gasteiger partial charge in [0, 0.05) is 105 Å². The number of anilines is 2. The number of furan rings is 1. The number of aliphatic carboxylic acids is 1. The number of sulfonamides is 2. The van der Waals surface area contributed by atoms with E-state index in [1.807, 2.05) is 101 Å². The van der Waals surface area contributed by atoms with Gasteiger partial charge in [0.25, 0.3) is 17.5 Å². The number of imide groups is 1. The number of ether oxygens (including phenoxy) is 3. The van der Waals surface area contributed by atoms with Crippen LogP contribution in [0.25, 0.3) is 11.0 Å². The molecule has 3 unspecified atom stereocenters. The van der Waals surface area contributed by atoms with Gasteiger partial charge in [-0.25, -0.2) is 45.0 Å². The first-order valence-corrected chi connectivity index (χ1v) is 45.4. The van der Waals surface area contributed by atoms with Crippen molar-refractivity contribution in [2.75, 3.05) is 63.9 Å². The largest absolute Gasteiger partial charge is 0.494 e. The summed E-state index contributed by atoms with van der Waals surface area (Å²) in [6.45, 7) is 13.8. The summed E-state index contributed by atoms with van der Waals surface area (Å²) < 4.78 is 72.7. The van der Waals surface area contributed by atoms with E-state index in [9.17, 15) is 70.4 Å². The summed E-state index contributed by atoms with van der Waals surface area (Å²) in [5.41, 5.74) is 12.9. The van der Waals surface area contributed by atoms with Gasteiger partial charge in [-0.1, -0.05) is 110 Å². The third-order valence-electron chi connectivity index (χ3n) is 20.6. The zero-order valence-corrected chi connectivity index (χ0v) is 76.4. The Bertz CT molecular complexity index is 5880. The number of hydrogen-bond donors (Lipinski definition) is 6. The predicted molar refractivity (Wildman–Crippen MR) is 496 cm³/mol. The molecule has 1 saturated heterocycles. The lowest BCUT2D eigenvalue weighted by Crippen LogP contribution is -2.43. The van der Waals surface area contributed by atoms with Gasteiger partial charge in [0.1, 0.15) is 34.4 Å². The molecule has 682 valence electrons. The summed E-state index contributed by atoms with van der Waals surface area (Å²) in [6.07, 6.45) is 15.5. The first-order valence-electron chi connectivity index (χ1n) is 41.6. The van der Waals surface area contributed by atoms with Crippen LogP contribution in [0.4, 0.5) is 27.5 Å². The van der Waals surface area contributed by atoms with Gasteiger partial charge in [0.05, 0.1) is 56.5 Å². The number of nitrogens with one attached hydrogen (secondary N) is 5. The number of carbonyl (C=O) groups is 8. The number of urea groups is 1. The predicted octanol–water partition coefficient (Wildman–Crippen LogP) is 17.4. The number of piperidine rings is 1. The zero-order chi connectivity index (χ0) is 93.9. The second-order valence-electron chi connectivity index (χ2n) is 30.3. The highest BCUT2D eigenvalue weighted by atomic mass is 35.5.